The first-order chi connectivity index (χ1) is 14.5. The van der Waals surface area contributed by atoms with Crippen LogP contribution in [0.2, 0.25) is 5.02 Å². The summed E-state index contributed by atoms with van der Waals surface area (Å²) in [5.74, 6) is 1.19. The van der Waals surface area contributed by atoms with E-state index in [0.29, 0.717) is 54.8 Å². The Labute approximate surface area is 181 Å². The number of carbonyl (C=O) groups is 2. The maximum atomic E-state index is 12.7. The molecule has 160 valence electrons. The minimum absolute atomic E-state index is 0.0578. The fourth-order valence-corrected chi connectivity index (χ4v) is 3.57. The highest BCUT2D eigenvalue weighted by Gasteiger charge is 2.23. The Morgan fingerprint density at radius 3 is 2.37 bits per heavy atom. The van der Waals surface area contributed by atoms with Gasteiger partial charge < -0.3 is 19.7 Å². The molecule has 1 fully saturated rings. The van der Waals surface area contributed by atoms with Gasteiger partial charge in [-0.15, -0.1) is 0 Å². The summed E-state index contributed by atoms with van der Waals surface area (Å²) in [5, 5.41) is 3.34. The Morgan fingerprint density at radius 1 is 1.00 bits per heavy atom. The number of benzene rings is 2. The number of para-hydroxylation sites is 1. The minimum atomic E-state index is -0.117. The molecule has 8 heteroatoms. The van der Waals surface area contributed by atoms with Crippen LogP contribution < -0.4 is 14.8 Å². The van der Waals surface area contributed by atoms with Gasteiger partial charge in [0.15, 0.2) is 11.5 Å². The average Bonchev–Trinajstić information content (AvgIpc) is 2.75. The molecule has 0 bridgehead atoms. The number of halogens is 1. The van der Waals surface area contributed by atoms with E-state index >= 15 is 0 Å². The van der Waals surface area contributed by atoms with Crippen molar-refractivity contribution in [2.75, 3.05) is 52.3 Å². The van der Waals surface area contributed by atoms with E-state index in [1.165, 1.54) is 0 Å². The second kappa shape index (κ2) is 10.3. The van der Waals surface area contributed by atoms with Gasteiger partial charge in [0, 0.05) is 26.2 Å². The first kappa shape index (κ1) is 21.9. The summed E-state index contributed by atoms with van der Waals surface area (Å²) in [5.41, 5.74) is 1.48. The summed E-state index contributed by atoms with van der Waals surface area (Å²) in [6.45, 7) is 2.74. The van der Waals surface area contributed by atoms with E-state index in [0.717, 1.165) is 5.56 Å². The topological polar surface area (TPSA) is 71.1 Å². The number of ether oxygens (including phenoxy) is 2. The van der Waals surface area contributed by atoms with Gasteiger partial charge in [0.05, 0.1) is 37.9 Å². The first-order valence-electron chi connectivity index (χ1n) is 9.75. The molecular weight excluding hydrogens is 406 g/mol. The molecule has 0 radical (unpaired) electrons. The van der Waals surface area contributed by atoms with E-state index in [2.05, 4.69) is 5.32 Å². The van der Waals surface area contributed by atoms with Gasteiger partial charge in [0.25, 0.3) is 0 Å². The molecule has 0 aliphatic carbocycles. The lowest BCUT2D eigenvalue weighted by atomic mass is 10.1. The Hall–Kier alpha value is -2.77. The third-order valence-corrected chi connectivity index (χ3v) is 5.37. The molecule has 0 unspecified atom stereocenters. The number of hydrogen-bond acceptors (Lipinski definition) is 5. The number of nitrogens with zero attached hydrogens (tertiary/aromatic N) is 2. The van der Waals surface area contributed by atoms with Crippen LogP contribution in [0.5, 0.6) is 11.5 Å². The van der Waals surface area contributed by atoms with E-state index < -0.39 is 0 Å². The molecule has 0 spiro atoms. The molecule has 30 heavy (non-hydrogen) atoms. The van der Waals surface area contributed by atoms with Crippen molar-refractivity contribution < 1.29 is 19.1 Å². The Balaban J connectivity index is 1.47. The van der Waals surface area contributed by atoms with Crippen LogP contribution in [0.4, 0.5) is 5.69 Å². The monoisotopic (exact) mass is 431 g/mol. The zero-order valence-electron chi connectivity index (χ0n) is 17.2. The molecule has 2 aromatic carbocycles. The van der Waals surface area contributed by atoms with Crippen molar-refractivity contribution in [2.45, 2.75) is 6.42 Å². The van der Waals surface area contributed by atoms with E-state index in [-0.39, 0.29) is 18.4 Å². The van der Waals surface area contributed by atoms with Gasteiger partial charge in [0.2, 0.25) is 11.8 Å². The fourth-order valence-electron chi connectivity index (χ4n) is 3.39. The third kappa shape index (κ3) is 5.64. The summed E-state index contributed by atoms with van der Waals surface area (Å²) in [4.78, 5) is 28.8. The van der Waals surface area contributed by atoms with Crippen LogP contribution in [0.25, 0.3) is 0 Å². The van der Waals surface area contributed by atoms with Crippen molar-refractivity contribution in [1.82, 2.24) is 9.80 Å². The van der Waals surface area contributed by atoms with Gasteiger partial charge in [0.1, 0.15) is 0 Å². The molecule has 7 nitrogen and oxygen atoms in total. The van der Waals surface area contributed by atoms with Crippen LogP contribution in [-0.4, -0.2) is 68.6 Å². The Bertz CT molecular complexity index is 898. The zero-order chi connectivity index (χ0) is 21.5. The minimum Gasteiger partial charge on any atom is -0.493 e. The van der Waals surface area contributed by atoms with Gasteiger partial charge in [-0.25, -0.2) is 0 Å². The number of amides is 2. The molecular formula is C22H26ClN3O4. The van der Waals surface area contributed by atoms with Crippen LogP contribution in [0.15, 0.2) is 42.5 Å². The van der Waals surface area contributed by atoms with Gasteiger partial charge in [-0.3, -0.25) is 14.5 Å². The van der Waals surface area contributed by atoms with Gasteiger partial charge in [-0.1, -0.05) is 29.8 Å². The molecule has 1 aliphatic rings. The molecule has 2 aromatic rings. The number of hydrogen-bond donors (Lipinski definition) is 1. The molecule has 1 N–H and O–H groups in total. The summed E-state index contributed by atoms with van der Waals surface area (Å²) in [6.07, 6.45) is 0.299. The van der Waals surface area contributed by atoms with E-state index in [1.54, 1.807) is 32.4 Å². The Kier molecular flexibility index (Phi) is 7.54. The van der Waals surface area contributed by atoms with Crippen molar-refractivity contribution in [3.05, 3.63) is 53.1 Å². The van der Waals surface area contributed by atoms with Crippen LogP contribution in [0.1, 0.15) is 5.56 Å². The molecule has 1 aliphatic heterocycles. The molecule has 3 rings (SSSR count). The quantitative estimate of drug-likeness (QED) is 0.729. The number of anilines is 1. The highest BCUT2D eigenvalue weighted by molar-refractivity contribution is 6.33. The van der Waals surface area contributed by atoms with E-state index in [1.807, 2.05) is 34.1 Å². The second-order valence-electron chi connectivity index (χ2n) is 7.05. The van der Waals surface area contributed by atoms with Gasteiger partial charge in [-0.2, -0.15) is 0 Å². The van der Waals surface area contributed by atoms with Crippen molar-refractivity contribution in [3.63, 3.8) is 0 Å². The lowest BCUT2D eigenvalue weighted by Gasteiger charge is -2.34. The fraction of sp³-hybridized carbons (Fsp3) is 0.364. The van der Waals surface area contributed by atoms with Crippen molar-refractivity contribution in [1.29, 1.82) is 0 Å². The van der Waals surface area contributed by atoms with Gasteiger partial charge in [-0.05, 0) is 29.8 Å². The summed E-state index contributed by atoms with van der Waals surface area (Å²) in [6, 6.07) is 12.6. The maximum absolute atomic E-state index is 12.7. The highest BCUT2D eigenvalue weighted by Crippen LogP contribution is 2.28. The van der Waals surface area contributed by atoms with Crippen LogP contribution in [0, 0.1) is 0 Å². The summed E-state index contributed by atoms with van der Waals surface area (Å²) in [7, 11) is 3.15. The van der Waals surface area contributed by atoms with Crippen molar-refractivity contribution in [2.24, 2.45) is 0 Å². The number of methoxy groups -OCH3 is 2. The Morgan fingerprint density at radius 2 is 1.70 bits per heavy atom. The van der Waals surface area contributed by atoms with Crippen molar-refractivity contribution >= 4 is 29.1 Å². The highest BCUT2D eigenvalue weighted by atomic mass is 35.5. The number of rotatable bonds is 7. The third-order valence-electron chi connectivity index (χ3n) is 5.04. The molecule has 0 aromatic heterocycles. The molecule has 1 saturated heterocycles. The average molecular weight is 432 g/mol. The van der Waals surface area contributed by atoms with Crippen molar-refractivity contribution in [3.8, 4) is 11.5 Å². The van der Waals surface area contributed by atoms with E-state index in [4.69, 9.17) is 21.1 Å². The predicted octanol–water partition coefficient (Wildman–Crippen LogP) is 2.68. The standard InChI is InChI=1S/C22H26ClN3O4/c1-29-19-8-7-16(13-20(19)30-2)14-22(28)26-11-9-25(10-12-26)15-21(27)24-18-6-4-3-5-17(18)23/h3-8,13H,9-12,14-15H2,1-2H3,(H,24,27). The number of nitrogens with one attached hydrogen (secondary N) is 1. The lowest BCUT2D eigenvalue weighted by Crippen LogP contribution is -2.50. The summed E-state index contributed by atoms with van der Waals surface area (Å²) >= 11 is 6.08. The van der Waals surface area contributed by atoms with Crippen LogP contribution >= 0.6 is 11.6 Å². The van der Waals surface area contributed by atoms with Gasteiger partial charge >= 0.3 is 0 Å². The summed E-state index contributed by atoms with van der Waals surface area (Å²) < 4.78 is 10.5. The maximum Gasteiger partial charge on any atom is 0.238 e. The smallest absolute Gasteiger partial charge is 0.238 e. The number of piperazine rings is 1. The zero-order valence-corrected chi connectivity index (χ0v) is 17.9. The molecule has 0 saturated carbocycles. The first-order valence-corrected chi connectivity index (χ1v) is 10.1. The SMILES string of the molecule is COc1ccc(CC(=O)N2CCN(CC(=O)Nc3ccccc3Cl)CC2)cc1OC. The predicted molar refractivity (Wildman–Crippen MR) is 116 cm³/mol. The van der Waals surface area contributed by atoms with E-state index in [9.17, 15) is 9.59 Å². The normalized spacial score (nSPS) is 14.3. The molecule has 2 amide bonds. The molecule has 0 atom stereocenters. The lowest BCUT2D eigenvalue weighted by molar-refractivity contribution is -0.132. The van der Waals surface area contributed by atoms with Crippen LogP contribution in [-0.2, 0) is 16.0 Å². The second-order valence-corrected chi connectivity index (χ2v) is 7.46. The molecule has 1 heterocycles. The largest absolute Gasteiger partial charge is 0.493 e. The number of carbonyl (C=O) groups excluding carboxylic acids is 2. The van der Waals surface area contributed by atoms with Crippen LogP contribution in [0.3, 0.4) is 0 Å².